The molecule has 1 aromatic carbocycles. The molecule has 22 heavy (non-hydrogen) atoms. The molecule has 0 saturated carbocycles. The fourth-order valence-electron chi connectivity index (χ4n) is 2.51. The second kappa shape index (κ2) is 6.43. The Balaban J connectivity index is 2.28. The van der Waals surface area contributed by atoms with Gasteiger partial charge in [0.1, 0.15) is 17.6 Å². The Labute approximate surface area is 127 Å². The molecule has 1 atom stereocenters. The molecule has 1 aromatic rings. The minimum Gasteiger partial charge on any atom is -0.496 e. The van der Waals surface area contributed by atoms with Crippen molar-refractivity contribution >= 4 is 11.9 Å². The number of amides is 1. The number of hydrogen-bond donors (Lipinski definition) is 0. The zero-order valence-corrected chi connectivity index (χ0v) is 12.3. The maximum Gasteiger partial charge on any atom is 0.305 e. The summed E-state index contributed by atoms with van der Waals surface area (Å²) in [5.74, 6) is -1.26. The molecule has 0 radical (unpaired) electrons. The number of rotatable bonds is 5. The molecule has 116 valence electrons. The number of nitriles is 1. The minimum atomic E-state index is -1.02. The third-order valence-corrected chi connectivity index (χ3v) is 3.56. The van der Waals surface area contributed by atoms with Gasteiger partial charge in [-0.1, -0.05) is 0 Å². The van der Waals surface area contributed by atoms with Crippen molar-refractivity contribution in [3.8, 4) is 11.8 Å². The number of hydrogen-bond acceptors (Lipinski definition) is 5. The van der Waals surface area contributed by atoms with E-state index in [1.54, 1.807) is 0 Å². The van der Waals surface area contributed by atoms with Gasteiger partial charge in [0.2, 0.25) is 0 Å². The van der Waals surface area contributed by atoms with Gasteiger partial charge in [0, 0.05) is 18.5 Å². The zero-order chi connectivity index (χ0) is 16.3. The van der Waals surface area contributed by atoms with Crippen molar-refractivity contribution in [2.45, 2.75) is 18.9 Å². The van der Waals surface area contributed by atoms with E-state index in [1.165, 1.54) is 31.3 Å². The van der Waals surface area contributed by atoms with Crippen LogP contribution < -0.4 is 4.74 Å². The van der Waals surface area contributed by atoms with Crippen LogP contribution in [0.2, 0.25) is 0 Å². The monoisotopic (exact) mass is 306 g/mol. The van der Waals surface area contributed by atoms with Crippen LogP contribution in [0.4, 0.5) is 4.39 Å². The van der Waals surface area contributed by atoms with Crippen LogP contribution in [-0.4, -0.2) is 37.5 Å². The van der Waals surface area contributed by atoms with E-state index in [-0.39, 0.29) is 29.8 Å². The molecule has 1 aliphatic rings. The van der Waals surface area contributed by atoms with Crippen molar-refractivity contribution in [1.82, 2.24) is 4.90 Å². The van der Waals surface area contributed by atoms with Crippen LogP contribution in [-0.2, 0) is 9.53 Å². The Morgan fingerprint density at radius 1 is 1.45 bits per heavy atom. The predicted molar refractivity (Wildman–Crippen MR) is 73.6 cm³/mol. The third kappa shape index (κ3) is 2.60. The van der Waals surface area contributed by atoms with E-state index >= 15 is 0 Å². The largest absolute Gasteiger partial charge is 0.496 e. The minimum absolute atomic E-state index is 0.0323. The highest BCUT2D eigenvalue weighted by molar-refractivity contribution is 6.02. The molecule has 0 spiro atoms. The van der Waals surface area contributed by atoms with Crippen LogP contribution >= 0.6 is 0 Å². The van der Waals surface area contributed by atoms with Gasteiger partial charge in [0.05, 0.1) is 25.9 Å². The van der Waals surface area contributed by atoms with Crippen LogP contribution in [0.15, 0.2) is 12.1 Å². The molecule has 0 aliphatic carbocycles. The van der Waals surface area contributed by atoms with Gasteiger partial charge in [0.15, 0.2) is 0 Å². The number of methoxy groups -OCH3 is 2. The second-order valence-corrected chi connectivity index (χ2v) is 4.75. The van der Waals surface area contributed by atoms with Gasteiger partial charge >= 0.3 is 5.97 Å². The molecule has 2 rings (SSSR count). The maximum atomic E-state index is 14.0. The standard InChI is InChI=1S/C15H15FN2O4/c1-21-11-6-5-9(16)13-10(8-17)18(15(20)14(11)13)7-3-4-12(19)22-2/h5-6,10H,3-4,7H2,1-2H3. The molecule has 1 amide bonds. The Morgan fingerprint density at radius 2 is 2.18 bits per heavy atom. The van der Waals surface area contributed by atoms with Crippen LogP contribution in [0.5, 0.6) is 5.75 Å². The SMILES string of the molecule is COC(=O)CCCN1C(=O)c2c(OC)ccc(F)c2C1C#N. The summed E-state index contributed by atoms with van der Waals surface area (Å²) < 4.78 is 23.6. The van der Waals surface area contributed by atoms with E-state index in [1.807, 2.05) is 6.07 Å². The predicted octanol–water partition coefficient (Wildman–Crippen LogP) is 1.81. The van der Waals surface area contributed by atoms with Gasteiger partial charge in [-0.25, -0.2) is 4.39 Å². The molecular formula is C15H15FN2O4. The number of carbonyl (C=O) groups is 2. The Bertz CT molecular complexity index is 654. The van der Waals surface area contributed by atoms with Gasteiger partial charge in [0.25, 0.3) is 5.91 Å². The summed E-state index contributed by atoms with van der Waals surface area (Å²) in [6.45, 7) is 0.156. The van der Waals surface area contributed by atoms with Gasteiger partial charge < -0.3 is 14.4 Å². The summed E-state index contributed by atoms with van der Waals surface area (Å²) in [5.41, 5.74) is 0.108. The van der Waals surface area contributed by atoms with Crippen LogP contribution in [0.1, 0.15) is 34.8 Å². The number of esters is 1. The first-order valence-electron chi connectivity index (χ1n) is 6.69. The molecule has 6 nitrogen and oxygen atoms in total. The highest BCUT2D eigenvalue weighted by Gasteiger charge is 2.41. The number of halogens is 1. The number of fused-ring (bicyclic) bond motifs is 1. The number of nitrogens with zero attached hydrogens (tertiary/aromatic N) is 2. The normalized spacial score (nSPS) is 16.2. The number of ether oxygens (including phenoxy) is 2. The summed E-state index contributed by atoms with van der Waals surface area (Å²) in [6, 6.07) is 3.45. The lowest BCUT2D eigenvalue weighted by atomic mass is 10.0. The van der Waals surface area contributed by atoms with Gasteiger partial charge in [-0.05, 0) is 18.6 Å². The lowest BCUT2D eigenvalue weighted by Gasteiger charge is -2.19. The van der Waals surface area contributed by atoms with E-state index in [2.05, 4.69) is 4.74 Å². The third-order valence-electron chi connectivity index (χ3n) is 3.56. The first kappa shape index (κ1) is 15.8. The highest BCUT2D eigenvalue weighted by Crippen LogP contribution is 2.40. The lowest BCUT2D eigenvalue weighted by Crippen LogP contribution is -2.29. The summed E-state index contributed by atoms with van der Waals surface area (Å²) in [4.78, 5) is 24.8. The smallest absolute Gasteiger partial charge is 0.305 e. The first-order valence-corrected chi connectivity index (χ1v) is 6.69. The molecule has 7 heteroatoms. The average molecular weight is 306 g/mol. The van der Waals surface area contributed by atoms with Gasteiger partial charge in [-0.3, -0.25) is 9.59 Å². The summed E-state index contributed by atoms with van der Waals surface area (Å²) in [6.07, 6.45) is 0.447. The van der Waals surface area contributed by atoms with E-state index in [4.69, 9.17) is 4.74 Å². The van der Waals surface area contributed by atoms with Crippen molar-refractivity contribution in [3.05, 3.63) is 29.1 Å². The average Bonchev–Trinajstić information content (AvgIpc) is 2.81. The van der Waals surface area contributed by atoms with E-state index < -0.39 is 23.7 Å². The molecule has 1 unspecified atom stereocenters. The van der Waals surface area contributed by atoms with E-state index in [0.29, 0.717) is 6.42 Å². The zero-order valence-electron chi connectivity index (χ0n) is 12.3. The highest BCUT2D eigenvalue weighted by atomic mass is 19.1. The van der Waals surface area contributed by atoms with Gasteiger partial charge in [-0.15, -0.1) is 0 Å². The van der Waals surface area contributed by atoms with Crippen molar-refractivity contribution in [1.29, 1.82) is 5.26 Å². The van der Waals surface area contributed by atoms with E-state index in [9.17, 15) is 19.2 Å². The molecule has 1 heterocycles. The van der Waals surface area contributed by atoms with Gasteiger partial charge in [-0.2, -0.15) is 5.26 Å². The molecule has 0 saturated heterocycles. The molecule has 0 aromatic heterocycles. The Morgan fingerprint density at radius 3 is 2.77 bits per heavy atom. The Hall–Kier alpha value is -2.62. The van der Waals surface area contributed by atoms with Crippen molar-refractivity contribution in [2.75, 3.05) is 20.8 Å². The first-order chi connectivity index (χ1) is 10.5. The Kier molecular flexibility index (Phi) is 4.61. The number of carbonyl (C=O) groups excluding carboxylic acids is 2. The summed E-state index contributed by atoms with van der Waals surface area (Å²) >= 11 is 0. The molecule has 1 aliphatic heterocycles. The lowest BCUT2D eigenvalue weighted by molar-refractivity contribution is -0.140. The molecule has 0 bridgehead atoms. The quantitative estimate of drug-likeness (QED) is 0.775. The molecule has 0 N–H and O–H groups in total. The van der Waals surface area contributed by atoms with Crippen LogP contribution in [0, 0.1) is 17.1 Å². The van der Waals surface area contributed by atoms with E-state index in [0.717, 1.165) is 0 Å². The molecule has 0 fully saturated rings. The van der Waals surface area contributed by atoms with Crippen LogP contribution in [0.3, 0.4) is 0 Å². The van der Waals surface area contributed by atoms with Crippen molar-refractivity contribution in [3.63, 3.8) is 0 Å². The maximum absolute atomic E-state index is 14.0. The fraction of sp³-hybridized carbons (Fsp3) is 0.400. The number of benzene rings is 1. The van der Waals surface area contributed by atoms with Crippen molar-refractivity contribution in [2.24, 2.45) is 0 Å². The van der Waals surface area contributed by atoms with Crippen LogP contribution in [0.25, 0.3) is 0 Å². The summed E-state index contributed by atoms with van der Waals surface area (Å²) in [7, 11) is 2.65. The summed E-state index contributed by atoms with van der Waals surface area (Å²) in [5, 5.41) is 9.30. The molecular weight excluding hydrogens is 291 g/mol. The van der Waals surface area contributed by atoms with Crippen molar-refractivity contribution < 1.29 is 23.5 Å². The second-order valence-electron chi connectivity index (χ2n) is 4.75. The fourth-order valence-corrected chi connectivity index (χ4v) is 2.51. The topological polar surface area (TPSA) is 79.6 Å².